The fraction of sp³-hybridized carbons (Fsp3) is 0.0909. The summed E-state index contributed by atoms with van der Waals surface area (Å²) in [5, 5.41) is 9.57. The molecule has 0 radical (unpaired) electrons. The standard InChI is InChI=1S/C22H18N2O3S/c1-16-12-17(10-11-21(16)25)8-9-18-13-19(15-23-14-18)22(26)24-28(2,27)20-6-4-3-5-7-20/h3-7,10-15,25H,1-2H3. The number of aryl methyl sites for hydroxylation is 1. The van der Waals surface area contributed by atoms with Crippen LogP contribution >= 0.6 is 0 Å². The number of carbonyl (C=O) groups is 1. The molecule has 1 unspecified atom stereocenters. The van der Waals surface area contributed by atoms with Crippen molar-refractivity contribution in [3.63, 3.8) is 0 Å². The van der Waals surface area contributed by atoms with E-state index < -0.39 is 15.6 Å². The first kappa shape index (κ1) is 19.3. The molecule has 0 aliphatic carbocycles. The molecule has 1 atom stereocenters. The third-order valence-electron chi connectivity index (χ3n) is 3.97. The van der Waals surface area contributed by atoms with E-state index in [1.807, 2.05) is 6.07 Å². The van der Waals surface area contributed by atoms with Crippen LogP contribution in [0.2, 0.25) is 0 Å². The van der Waals surface area contributed by atoms with Crippen LogP contribution in [-0.2, 0) is 9.73 Å². The molecule has 0 saturated heterocycles. The molecule has 1 aromatic heterocycles. The minimum Gasteiger partial charge on any atom is -0.508 e. The molecule has 28 heavy (non-hydrogen) atoms. The van der Waals surface area contributed by atoms with Gasteiger partial charge in [-0.1, -0.05) is 30.0 Å². The van der Waals surface area contributed by atoms with Crippen molar-refractivity contribution in [2.24, 2.45) is 4.36 Å². The molecule has 2 aromatic carbocycles. The van der Waals surface area contributed by atoms with Crippen molar-refractivity contribution in [3.8, 4) is 17.6 Å². The maximum Gasteiger partial charge on any atom is 0.286 e. The number of hydrogen-bond acceptors (Lipinski definition) is 4. The number of phenols is 1. The van der Waals surface area contributed by atoms with Gasteiger partial charge < -0.3 is 5.11 Å². The number of pyridine rings is 1. The second-order valence-electron chi connectivity index (χ2n) is 6.23. The summed E-state index contributed by atoms with van der Waals surface area (Å²) in [4.78, 5) is 17.0. The molecule has 1 amide bonds. The Kier molecular flexibility index (Phi) is 5.57. The molecule has 0 fully saturated rings. The molecule has 0 aliphatic rings. The van der Waals surface area contributed by atoms with Crippen LogP contribution in [0.25, 0.3) is 0 Å². The summed E-state index contributed by atoms with van der Waals surface area (Å²) < 4.78 is 16.7. The fourth-order valence-corrected chi connectivity index (χ4v) is 3.63. The van der Waals surface area contributed by atoms with Crippen LogP contribution in [-0.4, -0.2) is 26.5 Å². The van der Waals surface area contributed by atoms with Crippen molar-refractivity contribution in [2.45, 2.75) is 11.8 Å². The highest BCUT2D eigenvalue weighted by Gasteiger charge is 2.11. The normalized spacial score (nSPS) is 12.4. The Morgan fingerprint density at radius 3 is 2.46 bits per heavy atom. The van der Waals surface area contributed by atoms with Crippen LogP contribution in [0.4, 0.5) is 0 Å². The largest absolute Gasteiger partial charge is 0.508 e. The molecule has 0 spiro atoms. The maximum atomic E-state index is 12.8. The molecule has 0 aliphatic heterocycles. The minimum absolute atomic E-state index is 0.211. The number of rotatable bonds is 2. The molecule has 1 N–H and O–H groups in total. The summed E-state index contributed by atoms with van der Waals surface area (Å²) in [6, 6.07) is 15.3. The number of phenolic OH excluding ortho intramolecular Hbond substituents is 1. The molecule has 0 bridgehead atoms. The van der Waals surface area contributed by atoms with Gasteiger partial charge in [-0.3, -0.25) is 9.78 Å². The number of benzene rings is 2. The molecule has 3 aromatic rings. The van der Waals surface area contributed by atoms with Crippen molar-refractivity contribution >= 4 is 15.6 Å². The summed E-state index contributed by atoms with van der Waals surface area (Å²) in [6.45, 7) is 1.79. The lowest BCUT2D eigenvalue weighted by molar-refractivity contribution is 0.100. The van der Waals surface area contributed by atoms with Gasteiger partial charge in [0.15, 0.2) is 0 Å². The Labute approximate surface area is 164 Å². The summed E-state index contributed by atoms with van der Waals surface area (Å²) in [5.41, 5.74) is 2.22. The number of carbonyl (C=O) groups excluding carboxylic acids is 1. The third kappa shape index (κ3) is 4.64. The number of amides is 1. The van der Waals surface area contributed by atoms with Crippen molar-refractivity contribution < 1.29 is 14.1 Å². The predicted octanol–water partition coefficient (Wildman–Crippen LogP) is 3.79. The summed E-state index contributed by atoms with van der Waals surface area (Å²) in [7, 11) is -2.85. The van der Waals surface area contributed by atoms with Gasteiger partial charge in [-0.2, -0.15) is 4.36 Å². The first-order valence-electron chi connectivity index (χ1n) is 8.43. The fourth-order valence-electron chi connectivity index (χ4n) is 2.44. The maximum absolute atomic E-state index is 12.8. The van der Waals surface area contributed by atoms with Gasteiger partial charge in [0.25, 0.3) is 5.91 Å². The third-order valence-corrected chi connectivity index (χ3v) is 5.63. The Morgan fingerprint density at radius 2 is 1.75 bits per heavy atom. The summed E-state index contributed by atoms with van der Waals surface area (Å²) in [6.07, 6.45) is 4.35. The molecule has 5 nitrogen and oxygen atoms in total. The van der Waals surface area contributed by atoms with Gasteiger partial charge in [0.05, 0.1) is 15.3 Å². The second-order valence-corrected chi connectivity index (χ2v) is 8.48. The van der Waals surface area contributed by atoms with E-state index in [2.05, 4.69) is 21.2 Å². The van der Waals surface area contributed by atoms with E-state index in [0.717, 1.165) is 11.1 Å². The predicted molar refractivity (Wildman–Crippen MR) is 109 cm³/mol. The first-order chi connectivity index (χ1) is 13.3. The van der Waals surface area contributed by atoms with Crippen molar-refractivity contribution in [1.29, 1.82) is 0 Å². The Bertz CT molecular complexity index is 1220. The van der Waals surface area contributed by atoms with Crippen molar-refractivity contribution in [1.82, 2.24) is 4.98 Å². The van der Waals surface area contributed by atoms with Gasteiger partial charge in [0.1, 0.15) is 5.75 Å². The van der Waals surface area contributed by atoms with E-state index in [9.17, 15) is 14.1 Å². The number of hydrogen-bond donors (Lipinski definition) is 1. The lowest BCUT2D eigenvalue weighted by atomic mass is 10.1. The van der Waals surface area contributed by atoms with Gasteiger partial charge in [-0.25, -0.2) is 4.21 Å². The van der Waals surface area contributed by atoms with Crippen LogP contribution in [0.5, 0.6) is 5.75 Å². The van der Waals surface area contributed by atoms with Crippen LogP contribution < -0.4 is 0 Å². The van der Waals surface area contributed by atoms with Crippen LogP contribution in [0.15, 0.2) is 76.2 Å². The Balaban J connectivity index is 1.88. The number of nitrogens with zero attached hydrogens (tertiary/aromatic N) is 2. The van der Waals surface area contributed by atoms with E-state index in [1.165, 1.54) is 18.6 Å². The highest BCUT2D eigenvalue weighted by atomic mass is 32.2. The zero-order valence-electron chi connectivity index (χ0n) is 15.4. The van der Waals surface area contributed by atoms with Crippen molar-refractivity contribution in [2.75, 3.05) is 6.26 Å². The van der Waals surface area contributed by atoms with Crippen molar-refractivity contribution in [3.05, 3.63) is 89.2 Å². The monoisotopic (exact) mass is 390 g/mol. The molecule has 140 valence electrons. The molecular weight excluding hydrogens is 372 g/mol. The minimum atomic E-state index is -2.85. The van der Waals surface area contributed by atoms with Crippen LogP contribution in [0, 0.1) is 18.8 Å². The van der Waals surface area contributed by atoms with Gasteiger partial charge in [0, 0.05) is 34.7 Å². The highest BCUT2D eigenvalue weighted by molar-refractivity contribution is 7.93. The average molecular weight is 390 g/mol. The van der Waals surface area contributed by atoms with Crippen LogP contribution in [0.1, 0.15) is 27.0 Å². The number of aromatic nitrogens is 1. The number of aromatic hydroxyl groups is 1. The SMILES string of the molecule is Cc1cc(C#Cc2cncc(C(=O)N=S(C)(=O)c3ccccc3)c2)ccc1O. The van der Waals surface area contributed by atoms with Gasteiger partial charge in [-0.05, 0) is 48.9 Å². The molecule has 3 rings (SSSR count). The zero-order valence-corrected chi connectivity index (χ0v) is 16.2. The Morgan fingerprint density at radius 1 is 1.04 bits per heavy atom. The lowest BCUT2D eigenvalue weighted by Crippen LogP contribution is -2.04. The summed E-state index contributed by atoms with van der Waals surface area (Å²) >= 11 is 0. The lowest BCUT2D eigenvalue weighted by Gasteiger charge is -2.03. The van der Waals surface area contributed by atoms with Gasteiger partial charge in [-0.15, -0.1) is 0 Å². The first-order valence-corrected chi connectivity index (χ1v) is 10.4. The smallest absolute Gasteiger partial charge is 0.286 e. The second kappa shape index (κ2) is 8.07. The average Bonchev–Trinajstić information content (AvgIpc) is 2.69. The highest BCUT2D eigenvalue weighted by Crippen LogP contribution is 2.16. The van der Waals surface area contributed by atoms with E-state index >= 15 is 0 Å². The topological polar surface area (TPSA) is 79.6 Å². The van der Waals surface area contributed by atoms with E-state index in [4.69, 9.17) is 0 Å². The molecular formula is C22H18N2O3S. The quantitative estimate of drug-likeness (QED) is 0.675. The van der Waals surface area contributed by atoms with Crippen LogP contribution in [0.3, 0.4) is 0 Å². The molecule has 0 saturated carbocycles. The zero-order chi connectivity index (χ0) is 20.1. The molecule has 1 heterocycles. The van der Waals surface area contributed by atoms with E-state index in [1.54, 1.807) is 55.5 Å². The summed E-state index contributed by atoms with van der Waals surface area (Å²) in [5.74, 6) is 5.52. The molecule has 6 heteroatoms. The Hall–Kier alpha value is -3.43. The van der Waals surface area contributed by atoms with Gasteiger partial charge >= 0.3 is 0 Å². The van der Waals surface area contributed by atoms with E-state index in [0.29, 0.717) is 10.5 Å². The van der Waals surface area contributed by atoms with E-state index in [-0.39, 0.29) is 11.3 Å². The van der Waals surface area contributed by atoms with Gasteiger partial charge in [0.2, 0.25) is 0 Å².